The normalized spacial score (nSPS) is 11.1. The molecule has 4 N–H and O–H groups in total. The lowest BCUT2D eigenvalue weighted by molar-refractivity contribution is -0.119. The number of carbonyl (C=O) groups excluding carboxylic acids is 1. The molecule has 0 saturated heterocycles. The van der Waals surface area contributed by atoms with E-state index in [2.05, 4.69) is 42.0 Å². The van der Waals surface area contributed by atoms with Crippen molar-refractivity contribution >= 4 is 51.1 Å². The summed E-state index contributed by atoms with van der Waals surface area (Å²) in [5.74, 6) is 1.32. The van der Waals surface area contributed by atoms with Crippen LogP contribution >= 0.6 is 0 Å². The van der Waals surface area contributed by atoms with Gasteiger partial charge in [-0.1, -0.05) is 24.3 Å². The Bertz CT molecular complexity index is 1740. The molecule has 6 aromatic rings. The number of aromatic nitrogens is 6. The zero-order valence-corrected chi connectivity index (χ0v) is 19.9. The third-order valence-corrected chi connectivity index (χ3v) is 5.96. The third-order valence-electron chi connectivity index (χ3n) is 5.96. The van der Waals surface area contributed by atoms with E-state index in [1.54, 1.807) is 7.05 Å². The molecule has 37 heavy (non-hydrogen) atoms. The van der Waals surface area contributed by atoms with Crippen LogP contribution in [0.1, 0.15) is 5.56 Å². The van der Waals surface area contributed by atoms with Crippen molar-refractivity contribution in [3.8, 4) is 5.95 Å². The zero-order chi connectivity index (χ0) is 25.2. The first-order valence-electron chi connectivity index (χ1n) is 11.7. The maximum absolute atomic E-state index is 11.8. The van der Waals surface area contributed by atoms with E-state index >= 15 is 0 Å². The molecular weight excluding hydrogens is 466 g/mol. The van der Waals surface area contributed by atoms with Crippen LogP contribution in [0, 0.1) is 0 Å². The van der Waals surface area contributed by atoms with Crippen LogP contribution in [-0.4, -0.2) is 42.4 Å². The van der Waals surface area contributed by atoms with E-state index in [1.165, 1.54) is 6.33 Å². The summed E-state index contributed by atoms with van der Waals surface area (Å²) in [5.41, 5.74) is 5.27. The minimum atomic E-state index is -0.0535. The van der Waals surface area contributed by atoms with Crippen LogP contribution in [0.15, 0.2) is 85.3 Å². The van der Waals surface area contributed by atoms with Gasteiger partial charge < -0.3 is 20.9 Å². The predicted octanol–water partition coefficient (Wildman–Crippen LogP) is 4.47. The van der Waals surface area contributed by atoms with Crippen LogP contribution in [0.3, 0.4) is 0 Å². The van der Waals surface area contributed by atoms with Gasteiger partial charge >= 0.3 is 0 Å². The first-order valence-corrected chi connectivity index (χ1v) is 11.7. The molecule has 182 valence electrons. The van der Waals surface area contributed by atoms with Gasteiger partial charge in [0.2, 0.25) is 23.8 Å². The lowest BCUT2D eigenvalue weighted by atomic mass is 10.1. The molecule has 10 nitrogen and oxygen atoms in total. The van der Waals surface area contributed by atoms with Crippen molar-refractivity contribution in [1.82, 2.24) is 34.8 Å². The Kier molecular flexibility index (Phi) is 5.66. The maximum Gasteiger partial charge on any atom is 0.241 e. The lowest BCUT2D eigenvalue weighted by Crippen LogP contribution is -2.19. The third kappa shape index (κ3) is 4.55. The number of hydrogen-bond acceptors (Lipinski definition) is 7. The van der Waals surface area contributed by atoms with Gasteiger partial charge in [0, 0.05) is 35.5 Å². The Balaban J connectivity index is 1.35. The number of likely N-dealkylation sites (N-methyl/N-ethyl adjacent to an activating group) is 1. The molecule has 0 saturated carbocycles. The number of benzene rings is 3. The molecule has 0 radical (unpaired) electrons. The van der Waals surface area contributed by atoms with E-state index in [1.807, 2.05) is 77.5 Å². The number of nitrogens with zero attached hydrogens (tertiary/aromatic N) is 5. The second kappa shape index (κ2) is 9.42. The van der Waals surface area contributed by atoms with E-state index in [9.17, 15) is 4.79 Å². The van der Waals surface area contributed by atoms with E-state index in [4.69, 9.17) is 4.98 Å². The number of para-hydroxylation sites is 2. The van der Waals surface area contributed by atoms with E-state index in [0.29, 0.717) is 24.3 Å². The number of aromatic amines is 1. The number of hydrogen-bond donors (Lipinski definition) is 4. The fourth-order valence-electron chi connectivity index (χ4n) is 4.19. The standard InChI is InChI=1S/C27H23N9O/c1-28-24(37)14-17-5-4-6-19(13-17)32-25-30-16-31-26(35-25)36-23-8-3-2-7-22(23)34-27(36)33-20-9-10-21-18(15-20)11-12-29-21/h2-13,15-16,29H,14H2,1H3,(H,28,37)(H,33,34)(H,30,31,32,35). The Morgan fingerprint density at radius 1 is 0.919 bits per heavy atom. The van der Waals surface area contributed by atoms with Gasteiger partial charge in [-0.2, -0.15) is 4.98 Å². The smallest absolute Gasteiger partial charge is 0.241 e. The Labute approximate surface area is 211 Å². The summed E-state index contributed by atoms with van der Waals surface area (Å²) in [4.78, 5) is 33.2. The van der Waals surface area contributed by atoms with E-state index in [0.717, 1.165) is 38.9 Å². The van der Waals surface area contributed by atoms with E-state index in [-0.39, 0.29) is 5.91 Å². The molecule has 1 amide bonds. The average molecular weight is 490 g/mol. The molecule has 3 aromatic carbocycles. The van der Waals surface area contributed by atoms with Crippen LogP contribution in [0.4, 0.5) is 23.3 Å². The van der Waals surface area contributed by atoms with Gasteiger partial charge in [0.25, 0.3) is 0 Å². The molecule has 0 spiro atoms. The molecule has 0 bridgehead atoms. The number of rotatable bonds is 7. The predicted molar refractivity (Wildman–Crippen MR) is 144 cm³/mol. The lowest BCUT2D eigenvalue weighted by Gasteiger charge is -2.11. The van der Waals surface area contributed by atoms with Crippen molar-refractivity contribution in [2.75, 3.05) is 17.7 Å². The van der Waals surface area contributed by atoms with Gasteiger partial charge in [-0.3, -0.25) is 4.79 Å². The minimum Gasteiger partial charge on any atom is -0.361 e. The molecule has 0 fully saturated rings. The van der Waals surface area contributed by atoms with Crippen LogP contribution in [0.2, 0.25) is 0 Å². The molecule has 0 aliphatic rings. The van der Waals surface area contributed by atoms with Crippen LogP contribution < -0.4 is 16.0 Å². The highest BCUT2D eigenvalue weighted by Gasteiger charge is 2.16. The summed E-state index contributed by atoms with van der Waals surface area (Å²) in [5, 5.41) is 10.4. The Morgan fingerprint density at radius 3 is 2.73 bits per heavy atom. The van der Waals surface area contributed by atoms with Crippen molar-refractivity contribution in [2.45, 2.75) is 6.42 Å². The monoisotopic (exact) mass is 489 g/mol. The topological polar surface area (TPSA) is 125 Å². The van der Waals surface area contributed by atoms with Crippen LogP contribution in [0.25, 0.3) is 27.9 Å². The second-order valence-electron chi connectivity index (χ2n) is 8.45. The van der Waals surface area contributed by atoms with Crippen LogP contribution in [0.5, 0.6) is 0 Å². The first kappa shape index (κ1) is 22.2. The molecule has 0 aliphatic heterocycles. The zero-order valence-electron chi connectivity index (χ0n) is 19.9. The second-order valence-corrected chi connectivity index (χ2v) is 8.45. The van der Waals surface area contributed by atoms with Crippen molar-refractivity contribution in [1.29, 1.82) is 0 Å². The van der Waals surface area contributed by atoms with E-state index < -0.39 is 0 Å². The van der Waals surface area contributed by atoms with Crippen molar-refractivity contribution in [2.24, 2.45) is 0 Å². The number of amides is 1. The number of imidazole rings is 1. The van der Waals surface area contributed by atoms with Gasteiger partial charge in [-0.15, -0.1) is 0 Å². The fourth-order valence-corrected chi connectivity index (χ4v) is 4.19. The summed E-state index contributed by atoms with van der Waals surface area (Å²) in [6, 6.07) is 23.5. The largest absolute Gasteiger partial charge is 0.361 e. The summed E-state index contributed by atoms with van der Waals surface area (Å²) in [6.45, 7) is 0. The molecule has 0 atom stereocenters. The highest BCUT2D eigenvalue weighted by atomic mass is 16.1. The van der Waals surface area contributed by atoms with Gasteiger partial charge in [0.15, 0.2) is 0 Å². The number of H-pyrrole nitrogens is 1. The fraction of sp³-hybridized carbons (Fsp3) is 0.0741. The first-order chi connectivity index (χ1) is 18.2. The number of carbonyl (C=O) groups is 1. The number of anilines is 4. The van der Waals surface area contributed by atoms with Crippen molar-refractivity contribution in [3.05, 3.63) is 90.9 Å². The van der Waals surface area contributed by atoms with Gasteiger partial charge in [0.05, 0.1) is 17.5 Å². The molecule has 10 heteroatoms. The van der Waals surface area contributed by atoms with Gasteiger partial charge in [-0.05, 0) is 54.1 Å². The molecule has 3 heterocycles. The van der Waals surface area contributed by atoms with Crippen molar-refractivity contribution in [3.63, 3.8) is 0 Å². The highest BCUT2D eigenvalue weighted by Crippen LogP contribution is 2.27. The number of fused-ring (bicyclic) bond motifs is 2. The molecule has 0 unspecified atom stereocenters. The summed E-state index contributed by atoms with van der Waals surface area (Å²) < 4.78 is 1.87. The summed E-state index contributed by atoms with van der Waals surface area (Å²) in [6.07, 6.45) is 3.67. The SMILES string of the molecule is CNC(=O)Cc1cccc(Nc2ncnc(-n3c(Nc4ccc5[nH]ccc5c4)nc4ccccc43)n2)c1. The molecule has 6 rings (SSSR count). The number of nitrogens with one attached hydrogen (secondary N) is 4. The maximum atomic E-state index is 11.8. The summed E-state index contributed by atoms with van der Waals surface area (Å²) in [7, 11) is 1.62. The Morgan fingerprint density at radius 2 is 1.81 bits per heavy atom. The van der Waals surface area contributed by atoms with Crippen LogP contribution in [-0.2, 0) is 11.2 Å². The highest BCUT2D eigenvalue weighted by molar-refractivity contribution is 5.85. The molecular formula is C27H23N9O. The minimum absolute atomic E-state index is 0.0535. The summed E-state index contributed by atoms with van der Waals surface area (Å²) >= 11 is 0. The average Bonchev–Trinajstić information content (AvgIpc) is 3.53. The Hall–Kier alpha value is -5.25. The van der Waals surface area contributed by atoms with Gasteiger partial charge in [0.1, 0.15) is 6.33 Å². The molecule has 0 aliphatic carbocycles. The quantitative estimate of drug-likeness (QED) is 0.261. The van der Waals surface area contributed by atoms with Gasteiger partial charge in [-0.25, -0.2) is 19.5 Å². The molecule has 3 aromatic heterocycles. The van der Waals surface area contributed by atoms with Crippen molar-refractivity contribution < 1.29 is 4.79 Å².